The van der Waals surface area contributed by atoms with Crippen LogP contribution < -0.4 is 16.6 Å². The molecule has 2 aromatic rings. The summed E-state index contributed by atoms with van der Waals surface area (Å²) in [7, 11) is 1.79. The van der Waals surface area contributed by atoms with Crippen molar-refractivity contribution in [3.8, 4) is 0 Å². The number of hydrogen-bond donors (Lipinski definition) is 2. The number of nitrogens with two attached hydrogens (primary N) is 1. The molecule has 106 valence electrons. The van der Waals surface area contributed by atoms with E-state index in [2.05, 4.69) is 12.2 Å². The first kappa shape index (κ1) is 13.0. The second kappa shape index (κ2) is 4.54. The Hall–Kier alpha value is -1.97. The number of pyridine rings is 1. The quantitative estimate of drug-likeness (QED) is 0.826. The zero-order valence-corrected chi connectivity index (χ0v) is 12.1. The van der Waals surface area contributed by atoms with Gasteiger partial charge in [-0.05, 0) is 38.0 Å². The number of fused-ring (bicyclic) bond motifs is 1. The van der Waals surface area contributed by atoms with Crippen LogP contribution in [0.4, 0.5) is 11.4 Å². The lowest BCUT2D eigenvalue weighted by atomic mass is 9.99. The molecule has 0 spiro atoms. The van der Waals surface area contributed by atoms with E-state index in [9.17, 15) is 4.79 Å². The van der Waals surface area contributed by atoms with Gasteiger partial charge in [-0.15, -0.1) is 0 Å². The Kier molecular flexibility index (Phi) is 2.96. The van der Waals surface area contributed by atoms with E-state index in [-0.39, 0.29) is 11.1 Å². The highest BCUT2D eigenvalue weighted by Gasteiger charge is 2.28. The lowest BCUT2D eigenvalue weighted by Gasteiger charge is -2.27. The predicted molar refractivity (Wildman–Crippen MR) is 84.1 cm³/mol. The molecule has 0 atom stereocenters. The normalized spacial score (nSPS) is 17.5. The van der Waals surface area contributed by atoms with E-state index < -0.39 is 0 Å². The van der Waals surface area contributed by atoms with Crippen LogP contribution in [-0.4, -0.2) is 10.1 Å². The van der Waals surface area contributed by atoms with Crippen molar-refractivity contribution in [2.45, 2.75) is 38.1 Å². The summed E-state index contributed by atoms with van der Waals surface area (Å²) < 4.78 is 1.66. The van der Waals surface area contributed by atoms with Gasteiger partial charge in [0.05, 0.1) is 5.52 Å². The van der Waals surface area contributed by atoms with E-state index in [1.807, 2.05) is 18.2 Å². The van der Waals surface area contributed by atoms with Gasteiger partial charge in [-0.3, -0.25) is 4.79 Å². The molecule has 1 heterocycles. The van der Waals surface area contributed by atoms with E-state index in [1.54, 1.807) is 17.7 Å². The van der Waals surface area contributed by atoms with Crippen molar-refractivity contribution in [3.63, 3.8) is 0 Å². The fraction of sp³-hybridized carbons (Fsp3) is 0.438. The SMILES string of the molecule is Cn1c(=O)cc(NC2(C)CCCC2)c2cc(N)ccc21. The van der Waals surface area contributed by atoms with Crippen molar-refractivity contribution in [3.05, 3.63) is 34.6 Å². The lowest BCUT2D eigenvalue weighted by Crippen LogP contribution is -2.32. The molecular weight excluding hydrogens is 250 g/mol. The van der Waals surface area contributed by atoms with Crippen LogP contribution in [0.15, 0.2) is 29.1 Å². The van der Waals surface area contributed by atoms with Gasteiger partial charge in [-0.1, -0.05) is 12.8 Å². The molecule has 20 heavy (non-hydrogen) atoms. The Morgan fingerprint density at radius 2 is 1.95 bits per heavy atom. The molecular formula is C16H21N3O. The fourth-order valence-corrected chi connectivity index (χ4v) is 3.19. The molecule has 4 nitrogen and oxygen atoms in total. The van der Waals surface area contributed by atoms with Gasteiger partial charge in [0.1, 0.15) is 0 Å². The number of nitrogens with zero attached hydrogens (tertiary/aromatic N) is 1. The van der Waals surface area contributed by atoms with Crippen molar-refractivity contribution >= 4 is 22.3 Å². The van der Waals surface area contributed by atoms with Crippen LogP contribution in [-0.2, 0) is 7.05 Å². The molecule has 1 aliphatic carbocycles. The third-order valence-corrected chi connectivity index (χ3v) is 4.41. The van der Waals surface area contributed by atoms with E-state index in [4.69, 9.17) is 5.73 Å². The molecule has 0 unspecified atom stereocenters. The predicted octanol–water partition coefficient (Wildman–Crippen LogP) is 2.87. The third kappa shape index (κ3) is 2.15. The summed E-state index contributed by atoms with van der Waals surface area (Å²) in [5.74, 6) is 0. The average Bonchev–Trinajstić information content (AvgIpc) is 2.82. The highest BCUT2D eigenvalue weighted by molar-refractivity contribution is 5.93. The Morgan fingerprint density at radius 3 is 2.65 bits per heavy atom. The smallest absolute Gasteiger partial charge is 0.252 e. The largest absolute Gasteiger partial charge is 0.399 e. The van der Waals surface area contributed by atoms with Gasteiger partial charge in [0.2, 0.25) is 0 Å². The zero-order chi connectivity index (χ0) is 14.3. The Balaban J connectivity index is 2.16. The van der Waals surface area contributed by atoms with Crippen LogP contribution in [0.2, 0.25) is 0 Å². The van der Waals surface area contributed by atoms with Gasteiger partial charge in [-0.2, -0.15) is 0 Å². The van der Waals surface area contributed by atoms with Gasteiger partial charge in [0, 0.05) is 35.4 Å². The maximum atomic E-state index is 12.1. The number of aromatic nitrogens is 1. The Bertz CT molecular complexity index is 711. The van der Waals surface area contributed by atoms with Crippen molar-refractivity contribution in [1.29, 1.82) is 0 Å². The maximum Gasteiger partial charge on any atom is 0.252 e. The van der Waals surface area contributed by atoms with Crippen LogP contribution >= 0.6 is 0 Å². The van der Waals surface area contributed by atoms with Crippen molar-refractivity contribution in [1.82, 2.24) is 4.57 Å². The van der Waals surface area contributed by atoms with Crippen LogP contribution in [0.25, 0.3) is 10.9 Å². The first-order valence-corrected chi connectivity index (χ1v) is 7.16. The lowest BCUT2D eigenvalue weighted by molar-refractivity contribution is 0.534. The minimum atomic E-state index is 0.00590. The van der Waals surface area contributed by atoms with E-state index in [1.165, 1.54) is 12.8 Å². The Labute approximate surface area is 118 Å². The minimum absolute atomic E-state index is 0.00590. The molecule has 1 fully saturated rings. The number of benzene rings is 1. The first-order valence-electron chi connectivity index (χ1n) is 7.16. The molecule has 1 aliphatic rings. The van der Waals surface area contributed by atoms with E-state index in [0.29, 0.717) is 0 Å². The highest BCUT2D eigenvalue weighted by atomic mass is 16.1. The molecule has 3 N–H and O–H groups in total. The average molecular weight is 271 g/mol. The second-order valence-electron chi connectivity index (χ2n) is 6.12. The van der Waals surface area contributed by atoms with Crippen molar-refractivity contribution < 1.29 is 0 Å². The van der Waals surface area contributed by atoms with Gasteiger partial charge < -0.3 is 15.6 Å². The van der Waals surface area contributed by atoms with Crippen molar-refractivity contribution in [2.24, 2.45) is 7.05 Å². The molecule has 0 radical (unpaired) electrons. The summed E-state index contributed by atoms with van der Waals surface area (Å²) in [5, 5.41) is 4.60. The number of nitrogen functional groups attached to an aromatic ring is 1. The fourth-order valence-electron chi connectivity index (χ4n) is 3.19. The number of aryl methyl sites for hydroxylation is 1. The standard InChI is InChI=1S/C16H21N3O/c1-16(7-3-4-8-16)18-13-10-15(20)19(2)14-6-5-11(17)9-12(13)14/h5-6,9-10,18H,3-4,7-8,17H2,1-2H3. The topological polar surface area (TPSA) is 60.0 Å². The number of rotatable bonds is 2. The Morgan fingerprint density at radius 1 is 1.25 bits per heavy atom. The van der Waals surface area contributed by atoms with Crippen molar-refractivity contribution in [2.75, 3.05) is 11.1 Å². The van der Waals surface area contributed by atoms with Crippen LogP contribution in [0.5, 0.6) is 0 Å². The third-order valence-electron chi connectivity index (χ3n) is 4.41. The molecule has 4 heteroatoms. The van der Waals surface area contributed by atoms with Gasteiger partial charge in [-0.25, -0.2) is 0 Å². The molecule has 1 saturated carbocycles. The first-order chi connectivity index (χ1) is 9.48. The number of hydrogen-bond acceptors (Lipinski definition) is 3. The maximum absolute atomic E-state index is 12.1. The highest BCUT2D eigenvalue weighted by Crippen LogP contribution is 2.34. The van der Waals surface area contributed by atoms with Gasteiger partial charge in [0.25, 0.3) is 5.56 Å². The molecule has 3 rings (SSSR count). The molecule has 0 bridgehead atoms. The summed E-state index contributed by atoms with van der Waals surface area (Å²) >= 11 is 0. The summed E-state index contributed by atoms with van der Waals surface area (Å²) in [6.45, 7) is 2.23. The summed E-state index contributed by atoms with van der Waals surface area (Å²) in [6.07, 6.45) is 4.78. The zero-order valence-electron chi connectivity index (χ0n) is 12.1. The molecule has 1 aromatic heterocycles. The molecule has 0 aliphatic heterocycles. The van der Waals surface area contributed by atoms with E-state index in [0.717, 1.165) is 35.1 Å². The molecule has 1 aromatic carbocycles. The van der Waals surface area contributed by atoms with Gasteiger partial charge in [0.15, 0.2) is 0 Å². The minimum Gasteiger partial charge on any atom is -0.399 e. The van der Waals surface area contributed by atoms with Crippen LogP contribution in [0, 0.1) is 0 Å². The summed E-state index contributed by atoms with van der Waals surface area (Å²) in [4.78, 5) is 12.1. The molecule has 0 saturated heterocycles. The number of nitrogens with one attached hydrogen (secondary N) is 1. The molecule has 0 amide bonds. The van der Waals surface area contributed by atoms with Crippen LogP contribution in [0.1, 0.15) is 32.6 Å². The number of anilines is 2. The monoisotopic (exact) mass is 271 g/mol. The van der Waals surface area contributed by atoms with E-state index >= 15 is 0 Å². The van der Waals surface area contributed by atoms with Gasteiger partial charge >= 0.3 is 0 Å². The summed E-state index contributed by atoms with van der Waals surface area (Å²) in [6, 6.07) is 7.37. The van der Waals surface area contributed by atoms with Crippen LogP contribution in [0.3, 0.4) is 0 Å². The second-order valence-corrected chi connectivity index (χ2v) is 6.12. The summed E-state index contributed by atoms with van der Waals surface area (Å²) in [5.41, 5.74) is 8.53.